The lowest BCUT2D eigenvalue weighted by molar-refractivity contribution is 1.62. The summed E-state index contributed by atoms with van der Waals surface area (Å²) in [6.45, 7) is 7.54. The molecule has 0 heterocycles. The summed E-state index contributed by atoms with van der Waals surface area (Å²) in [5.41, 5.74) is 3.44. The third kappa shape index (κ3) is 1.84. The van der Waals surface area contributed by atoms with E-state index in [1.54, 1.807) is 0 Å². The van der Waals surface area contributed by atoms with Gasteiger partial charge in [-0.2, -0.15) is 0 Å². The van der Waals surface area contributed by atoms with Crippen molar-refractivity contribution in [1.82, 2.24) is 0 Å². The Morgan fingerprint density at radius 3 is 2.18 bits per heavy atom. The van der Waals surface area contributed by atoms with Crippen molar-refractivity contribution in [2.45, 2.75) is 0 Å². The summed E-state index contributed by atoms with van der Waals surface area (Å²) in [6, 6.07) is 8.19. The lowest BCUT2D eigenvalue weighted by Crippen LogP contribution is -1.80. The Kier molecular flexibility index (Phi) is 2.32. The molecule has 0 N–H and O–H groups in total. The first-order valence-corrected chi connectivity index (χ1v) is 3.62. The molecule has 0 atom stereocenters. The minimum Gasteiger partial charge on any atom is -0.105 e. The zero-order valence-electron chi connectivity index (χ0n) is 6.80. The van der Waals surface area contributed by atoms with E-state index >= 15 is 0 Å². The van der Waals surface area contributed by atoms with Crippen molar-refractivity contribution in [2.75, 3.05) is 0 Å². The Labute approximate surface area is 68.7 Å². The monoisotopic (exact) mass is 142 g/mol. The number of hydrogen-bond donors (Lipinski definition) is 0. The Morgan fingerprint density at radius 1 is 1.27 bits per heavy atom. The van der Waals surface area contributed by atoms with E-state index in [0.717, 1.165) is 11.0 Å². The van der Waals surface area contributed by atoms with E-state index in [-0.39, 0.29) is 0 Å². The van der Waals surface area contributed by atoms with Crippen LogP contribution >= 0.6 is 0 Å². The molecule has 0 radical (unpaired) electrons. The van der Waals surface area contributed by atoms with Gasteiger partial charge in [-0.15, -0.1) is 6.58 Å². The fourth-order valence-corrected chi connectivity index (χ4v) is 0.904. The van der Waals surface area contributed by atoms with Crippen molar-refractivity contribution in [3.8, 4) is 0 Å². The molecule has 0 nitrogen and oxygen atoms in total. The fourth-order valence-electron chi connectivity index (χ4n) is 0.904. The van der Waals surface area contributed by atoms with Crippen molar-refractivity contribution >= 4 is 19.4 Å². The quantitative estimate of drug-likeness (QED) is 0.553. The molecule has 0 fully saturated rings. The molecule has 0 saturated heterocycles. The molecular weight excluding hydrogens is 131 g/mol. The normalized spacial score (nSPS) is 9.09. The molecule has 0 bridgehead atoms. The van der Waals surface area contributed by atoms with Gasteiger partial charge in [0.25, 0.3) is 0 Å². The summed E-state index contributed by atoms with van der Waals surface area (Å²) in [5, 5.41) is 0. The van der Waals surface area contributed by atoms with Crippen molar-refractivity contribution in [3.05, 3.63) is 48.6 Å². The number of rotatable bonds is 2. The van der Waals surface area contributed by atoms with Crippen molar-refractivity contribution in [3.63, 3.8) is 0 Å². The van der Waals surface area contributed by atoms with Crippen molar-refractivity contribution < 1.29 is 0 Å². The molecule has 0 saturated carbocycles. The zero-order chi connectivity index (χ0) is 8.27. The highest BCUT2D eigenvalue weighted by atomic mass is 13.9. The SMILES string of the molecule is BC(=C)c1ccc(C=C)cc1. The molecule has 1 rings (SSSR count). The average molecular weight is 142 g/mol. The molecule has 1 aromatic carbocycles. The summed E-state index contributed by atoms with van der Waals surface area (Å²) in [5.74, 6) is 0. The van der Waals surface area contributed by atoms with Crippen LogP contribution < -0.4 is 0 Å². The Morgan fingerprint density at radius 2 is 1.82 bits per heavy atom. The predicted molar refractivity (Wildman–Crippen MR) is 54.1 cm³/mol. The summed E-state index contributed by atoms with van der Waals surface area (Å²) >= 11 is 0. The van der Waals surface area contributed by atoms with Crippen LogP contribution in [0.25, 0.3) is 11.5 Å². The van der Waals surface area contributed by atoms with Gasteiger partial charge in [0.15, 0.2) is 0 Å². The second-order valence-corrected chi connectivity index (χ2v) is 2.61. The molecule has 54 valence electrons. The minimum atomic E-state index is 1.10. The Balaban J connectivity index is 3.00. The molecule has 0 unspecified atom stereocenters. The van der Waals surface area contributed by atoms with Crippen molar-refractivity contribution in [1.29, 1.82) is 0 Å². The van der Waals surface area contributed by atoms with Gasteiger partial charge in [0.05, 0.1) is 0 Å². The molecule has 0 aliphatic carbocycles. The summed E-state index contributed by atoms with van der Waals surface area (Å²) in [4.78, 5) is 0. The summed E-state index contributed by atoms with van der Waals surface area (Å²) < 4.78 is 0. The first-order valence-electron chi connectivity index (χ1n) is 3.62. The number of benzene rings is 1. The van der Waals surface area contributed by atoms with Crippen LogP contribution in [0.1, 0.15) is 11.1 Å². The fraction of sp³-hybridized carbons (Fsp3) is 0. The molecule has 0 aromatic heterocycles. The van der Waals surface area contributed by atoms with E-state index in [2.05, 4.69) is 25.3 Å². The van der Waals surface area contributed by atoms with E-state index < -0.39 is 0 Å². The Hall–Kier alpha value is -1.24. The predicted octanol–water partition coefficient (Wildman–Crippen LogP) is 1.93. The van der Waals surface area contributed by atoms with Crippen LogP contribution in [0.2, 0.25) is 0 Å². The zero-order valence-corrected chi connectivity index (χ0v) is 6.80. The van der Waals surface area contributed by atoms with Crippen LogP contribution in [0.5, 0.6) is 0 Å². The molecular formula is C10H11B. The summed E-state index contributed by atoms with van der Waals surface area (Å²) in [7, 11) is 2.00. The van der Waals surface area contributed by atoms with Crippen LogP contribution in [0.3, 0.4) is 0 Å². The summed E-state index contributed by atoms with van der Waals surface area (Å²) in [6.07, 6.45) is 1.84. The maximum Gasteiger partial charge on any atom is 0.139 e. The molecule has 0 spiro atoms. The second-order valence-electron chi connectivity index (χ2n) is 2.61. The van der Waals surface area contributed by atoms with Crippen LogP contribution in [-0.4, -0.2) is 7.85 Å². The van der Waals surface area contributed by atoms with Crippen LogP contribution in [0.4, 0.5) is 0 Å². The maximum absolute atomic E-state index is 3.86. The minimum absolute atomic E-state index is 1.10. The van der Waals surface area contributed by atoms with Gasteiger partial charge in [-0.25, -0.2) is 0 Å². The van der Waals surface area contributed by atoms with Gasteiger partial charge in [-0.05, 0) is 11.1 Å². The molecule has 1 aromatic rings. The number of hydrogen-bond acceptors (Lipinski definition) is 0. The van der Waals surface area contributed by atoms with Crippen LogP contribution in [-0.2, 0) is 0 Å². The van der Waals surface area contributed by atoms with Crippen LogP contribution in [0.15, 0.2) is 37.4 Å². The van der Waals surface area contributed by atoms with E-state index in [9.17, 15) is 0 Å². The molecule has 11 heavy (non-hydrogen) atoms. The topological polar surface area (TPSA) is 0 Å². The largest absolute Gasteiger partial charge is 0.139 e. The maximum atomic E-state index is 3.86. The molecule has 0 amide bonds. The Bertz CT molecular complexity index is 269. The molecule has 0 aliphatic heterocycles. The van der Waals surface area contributed by atoms with Crippen molar-refractivity contribution in [2.24, 2.45) is 0 Å². The smallest absolute Gasteiger partial charge is 0.105 e. The highest BCUT2D eigenvalue weighted by Gasteiger charge is 1.90. The van der Waals surface area contributed by atoms with Gasteiger partial charge in [0.2, 0.25) is 0 Å². The molecule has 0 aliphatic rings. The standard InChI is InChI=1S/C10H11B/c1-3-9-4-6-10(7-5-9)8(2)11/h3-7H,1-2,11H2. The average Bonchev–Trinajstić information content (AvgIpc) is 2.05. The third-order valence-corrected chi connectivity index (χ3v) is 1.64. The third-order valence-electron chi connectivity index (χ3n) is 1.64. The lowest BCUT2D eigenvalue weighted by Gasteiger charge is -1.98. The van der Waals surface area contributed by atoms with Gasteiger partial charge in [-0.1, -0.05) is 42.4 Å². The first-order chi connectivity index (χ1) is 5.24. The van der Waals surface area contributed by atoms with Crippen LogP contribution in [0, 0.1) is 0 Å². The van der Waals surface area contributed by atoms with E-state index in [4.69, 9.17) is 0 Å². The van der Waals surface area contributed by atoms with E-state index in [0.29, 0.717) is 0 Å². The highest BCUT2D eigenvalue weighted by Crippen LogP contribution is 2.10. The second kappa shape index (κ2) is 3.24. The van der Waals surface area contributed by atoms with Gasteiger partial charge >= 0.3 is 0 Å². The first kappa shape index (κ1) is 7.87. The van der Waals surface area contributed by atoms with Gasteiger partial charge in [-0.3, -0.25) is 0 Å². The lowest BCUT2D eigenvalue weighted by atomic mass is 9.90. The van der Waals surface area contributed by atoms with Gasteiger partial charge in [0.1, 0.15) is 7.85 Å². The van der Waals surface area contributed by atoms with E-state index in [1.807, 2.05) is 26.1 Å². The van der Waals surface area contributed by atoms with Gasteiger partial charge in [0, 0.05) is 0 Å². The van der Waals surface area contributed by atoms with Gasteiger partial charge < -0.3 is 0 Å². The highest BCUT2D eigenvalue weighted by molar-refractivity contribution is 6.41. The van der Waals surface area contributed by atoms with E-state index in [1.165, 1.54) is 5.56 Å². The molecule has 1 heteroatoms.